The molecule has 0 atom stereocenters. The molecule has 0 aliphatic carbocycles. The normalized spacial score (nSPS) is 15.7. The summed E-state index contributed by atoms with van der Waals surface area (Å²) < 4.78 is 31.9. The summed E-state index contributed by atoms with van der Waals surface area (Å²) in [4.78, 5) is 17.1. The van der Waals surface area contributed by atoms with Gasteiger partial charge in [0.15, 0.2) is 23.1 Å². The van der Waals surface area contributed by atoms with Gasteiger partial charge in [-0.05, 0) is 43.0 Å². The van der Waals surface area contributed by atoms with E-state index in [9.17, 15) is 9.90 Å². The van der Waals surface area contributed by atoms with Crippen molar-refractivity contribution in [2.24, 2.45) is 0 Å². The number of benzene rings is 2. The molecule has 1 fully saturated rings. The summed E-state index contributed by atoms with van der Waals surface area (Å²) in [5, 5.41) is 19.7. The van der Waals surface area contributed by atoms with Crippen LogP contribution in [0.15, 0.2) is 18.2 Å². The molecule has 2 aromatic rings. The Labute approximate surface area is 217 Å². The van der Waals surface area contributed by atoms with Crippen LogP contribution >= 0.6 is 0 Å². The molecule has 2 aliphatic rings. The van der Waals surface area contributed by atoms with Gasteiger partial charge in [-0.25, -0.2) is 4.39 Å². The summed E-state index contributed by atoms with van der Waals surface area (Å²) in [5.74, 6) is -0.464. The number of halogens is 1. The van der Waals surface area contributed by atoms with Gasteiger partial charge < -0.3 is 29.1 Å². The van der Waals surface area contributed by atoms with Crippen LogP contribution in [0.5, 0.6) is 17.2 Å². The molecule has 0 spiro atoms. The Hall–Kier alpha value is -3.33. The number of Topliss-reactive ketones (excluding diaryl/α,β-unsaturated/α-hetero) is 1. The van der Waals surface area contributed by atoms with Crippen LogP contribution in [-0.4, -0.2) is 67.7 Å². The van der Waals surface area contributed by atoms with Crippen LogP contribution in [-0.2, 0) is 16.7 Å². The largest absolute Gasteiger partial charge is 0.505 e. The number of aromatic hydroxyl groups is 1. The van der Waals surface area contributed by atoms with E-state index in [4.69, 9.17) is 19.6 Å². The molecule has 200 valence electrons. The van der Waals surface area contributed by atoms with Crippen LogP contribution in [0.1, 0.15) is 61.7 Å². The van der Waals surface area contributed by atoms with Crippen molar-refractivity contribution in [3.05, 3.63) is 46.3 Å². The topological polar surface area (TPSA) is 95.3 Å². The maximum absolute atomic E-state index is 15.4. The highest BCUT2D eigenvalue weighted by molar-refractivity contribution is 6.06. The first-order valence-corrected chi connectivity index (χ1v) is 12.7. The van der Waals surface area contributed by atoms with Crippen molar-refractivity contribution in [3.8, 4) is 17.2 Å². The second-order valence-electron chi connectivity index (χ2n) is 10.3. The highest BCUT2D eigenvalue weighted by Gasteiger charge is 2.34. The Morgan fingerprint density at radius 1 is 1.14 bits per heavy atom. The van der Waals surface area contributed by atoms with Crippen molar-refractivity contribution in [1.82, 2.24) is 4.90 Å². The van der Waals surface area contributed by atoms with E-state index in [2.05, 4.69) is 0 Å². The fourth-order valence-electron chi connectivity index (χ4n) is 4.82. The van der Waals surface area contributed by atoms with Crippen molar-refractivity contribution in [2.75, 3.05) is 51.0 Å². The molecule has 0 amide bonds. The van der Waals surface area contributed by atoms with E-state index in [1.54, 1.807) is 30.0 Å². The number of hydrogen-bond acceptors (Lipinski definition) is 7. The molecule has 2 heterocycles. The van der Waals surface area contributed by atoms with Gasteiger partial charge in [0.2, 0.25) is 0 Å². The minimum absolute atomic E-state index is 0.00969. The number of morpholine rings is 1. The number of nitrogens with zero attached hydrogens (tertiary/aromatic N) is 2. The van der Waals surface area contributed by atoms with Crippen LogP contribution < -0.4 is 14.4 Å². The van der Waals surface area contributed by atoms with Crippen molar-refractivity contribution in [2.45, 2.75) is 46.6 Å². The fourth-order valence-corrected chi connectivity index (χ4v) is 4.82. The lowest BCUT2D eigenvalue weighted by Crippen LogP contribution is -2.37. The van der Waals surface area contributed by atoms with Crippen molar-refractivity contribution >= 4 is 17.3 Å². The molecule has 2 aliphatic heterocycles. The maximum atomic E-state index is 15.4. The van der Waals surface area contributed by atoms with Gasteiger partial charge in [0, 0.05) is 30.8 Å². The van der Waals surface area contributed by atoms with Gasteiger partial charge >= 0.3 is 0 Å². The van der Waals surface area contributed by atoms with Gasteiger partial charge in [0.05, 0.1) is 44.2 Å². The molecular weight excluding hydrogens is 477 g/mol. The number of phenolic OH excluding ortho intramolecular Hbond substituents is 1. The number of anilines is 1. The van der Waals surface area contributed by atoms with E-state index in [0.29, 0.717) is 61.0 Å². The van der Waals surface area contributed by atoms with Crippen molar-refractivity contribution in [3.63, 3.8) is 0 Å². The van der Waals surface area contributed by atoms with Crippen molar-refractivity contribution in [1.29, 1.82) is 5.41 Å². The third kappa shape index (κ3) is 5.23. The number of ether oxygens (including phenoxy) is 3. The van der Waals surface area contributed by atoms with Gasteiger partial charge in [-0.1, -0.05) is 20.8 Å². The quantitative estimate of drug-likeness (QED) is 0.503. The lowest BCUT2D eigenvalue weighted by atomic mass is 9.84. The number of hydrogen-bond donors (Lipinski definition) is 2. The third-order valence-electron chi connectivity index (χ3n) is 6.68. The molecule has 0 saturated carbocycles. The molecule has 0 radical (unpaired) electrons. The molecule has 2 N–H and O–H groups in total. The second kappa shape index (κ2) is 10.6. The molecule has 8 nitrogen and oxygen atoms in total. The number of carbonyl (C=O) groups is 1. The zero-order chi connectivity index (χ0) is 26.9. The molecule has 4 rings (SSSR count). The SMILES string of the molecule is CCOc1cc2c(c(F)c1OCC)C(=N)N(CC(=O)c1cc(N3CCOCC3)c(O)c(C(C)(C)C)c1)C2. The van der Waals surface area contributed by atoms with Gasteiger partial charge in [0.1, 0.15) is 11.6 Å². The van der Waals surface area contributed by atoms with Crippen LogP contribution in [0.2, 0.25) is 0 Å². The van der Waals surface area contributed by atoms with Gasteiger partial charge in [-0.2, -0.15) is 0 Å². The third-order valence-corrected chi connectivity index (χ3v) is 6.68. The molecule has 0 bridgehead atoms. The van der Waals surface area contributed by atoms with E-state index in [1.807, 2.05) is 32.6 Å². The molecule has 0 unspecified atom stereocenters. The molecule has 0 aromatic heterocycles. The molecule has 9 heteroatoms. The predicted octanol–water partition coefficient (Wildman–Crippen LogP) is 4.49. The van der Waals surface area contributed by atoms with E-state index >= 15 is 4.39 Å². The summed E-state index contributed by atoms with van der Waals surface area (Å²) in [6, 6.07) is 5.14. The standard InChI is InChI=1S/C28H36FN3O5/c1-6-36-22-14-18-15-32(27(30)23(18)24(29)26(22)37-7-2)16-21(33)17-12-19(28(3,4)5)25(34)20(13-17)31-8-10-35-11-9-31/h12-14,30,34H,6-11,15-16H2,1-5H3. The Kier molecular flexibility index (Phi) is 7.64. The summed E-state index contributed by atoms with van der Waals surface area (Å²) in [5.41, 5.74) is 2.04. The van der Waals surface area contributed by atoms with Gasteiger partial charge in [-0.15, -0.1) is 0 Å². The zero-order valence-corrected chi connectivity index (χ0v) is 22.2. The molecule has 37 heavy (non-hydrogen) atoms. The number of carbonyl (C=O) groups excluding carboxylic acids is 1. The zero-order valence-electron chi connectivity index (χ0n) is 22.2. The van der Waals surface area contributed by atoms with Gasteiger partial charge in [0.25, 0.3) is 0 Å². The fraction of sp³-hybridized carbons (Fsp3) is 0.500. The van der Waals surface area contributed by atoms with E-state index in [0.717, 1.165) is 0 Å². The highest BCUT2D eigenvalue weighted by Crippen LogP contribution is 2.41. The number of fused-ring (bicyclic) bond motifs is 1. The van der Waals surface area contributed by atoms with E-state index in [1.165, 1.54) is 0 Å². The predicted molar refractivity (Wildman–Crippen MR) is 140 cm³/mol. The second-order valence-corrected chi connectivity index (χ2v) is 10.3. The maximum Gasteiger partial charge on any atom is 0.197 e. The lowest BCUT2D eigenvalue weighted by Gasteiger charge is -2.32. The minimum Gasteiger partial charge on any atom is -0.505 e. The van der Waals surface area contributed by atoms with E-state index < -0.39 is 11.2 Å². The monoisotopic (exact) mass is 513 g/mol. The lowest BCUT2D eigenvalue weighted by molar-refractivity contribution is 0.0962. The van der Waals surface area contributed by atoms with Crippen LogP contribution in [0.3, 0.4) is 0 Å². The van der Waals surface area contributed by atoms with Crippen molar-refractivity contribution < 1.29 is 28.5 Å². The number of amidine groups is 1. The summed E-state index contributed by atoms with van der Waals surface area (Å²) in [7, 11) is 0. The van der Waals surface area contributed by atoms with Crippen LogP contribution in [0, 0.1) is 11.2 Å². The molecular formula is C28H36FN3O5. The first kappa shape index (κ1) is 26.7. The number of rotatable bonds is 8. The molecule has 2 aromatic carbocycles. The van der Waals surface area contributed by atoms with Gasteiger partial charge in [-0.3, -0.25) is 10.2 Å². The first-order valence-electron chi connectivity index (χ1n) is 12.7. The Bertz CT molecular complexity index is 1200. The summed E-state index contributed by atoms with van der Waals surface area (Å²) >= 11 is 0. The smallest absolute Gasteiger partial charge is 0.197 e. The van der Waals surface area contributed by atoms with Crippen LogP contribution in [0.25, 0.3) is 0 Å². The first-order chi connectivity index (χ1) is 17.6. The highest BCUT2D eigenvalue weighted by atomic mass is 19.1. The number of ketones is 1. The average Bonchev–Trinajstić information content (AvgIpc) is 3.16. The summed E-state index contributed by atoms with van der Waals surface area (Å²) in [6.45, 7) is 12.6. The molecule has 1 saturated heterocycles. The Morgan fingerprint density at radius 3 is 2.43 bits per heavy atom. The number of phenols is 1. The Morgan fingerprint density at radius 2 is 1.81 bits per heavy atom. The average molecular weight is 514 g/mol. The number of nitrogens with one attached hydrogen (secondary N) is 1. The minimum atomic E-state index is -0.642. The Balaban J connectivity index is 1.65. The van der Waals surface area contributed by atoms with E-state index in [-0.39, 0.29) is 48.4 Å². The summed E-state index contributed by atoms with van der Waals surface area (Å²) in [6.07, 6.45) is 0. The van der Waals surface area contributed by atoms with Crippen LogP contribution in [0.4, 0.5) is 10.1 Å².